The Bertz CT molecular complexity index is 424. The van der Waals surface area contributed by atoms with Gasteiger partial charge in [-0.2, -0.15) is 4.80 Å². The summed E-state index contributed by atoms with van der Waals surface area (Å²) in [4.78, 5) is 5.58. The highest BCUT2D eigenvalue weighted by Gasteiger charge is 2.02. The molecular weight excluding hydrogens is 204 g/mol. The number of aryl methyl sites for hydroxylation is 2. The maximum Gasteiger partial charge on any atom is 0.175 e. The molecule has 0 spiro atoms. The smallest absolute Gasteiger partial charge is 0.175 e. The molecule has 2 heterocycles. The Hall–Kier alpha value is -1.82. The molecule has 0 amide bonds. The predicted molar refractivity (Wildman–Crippen MR) is 58.5 cm³/mol. The van der Waals surface area contributed by atoms with Crippen molar-refractivity contribution in [2.75, 3.05) is 6.54 Å². The van der Waals surface area contributed by atoms with E-state index in [-0.39, 0.29) is 0 Å². The highest BCUT2D eigenvalue weighted by Crippen LogP contribution is 2.00. The van der Waals surface area contributed by atoms with E-state index in [4.69, 9.17) is 5.73 Å². The molecule has 6 heteroatoms. The van der Waals surface area contributed by atoms with Crippen molar-refractivity contribution in [3.8, 4) is 0 Å². The molecule has 0 bridgehead atoms. The molecule has 0 aromatic carbocycles. The van der Waals surface area contributed by atoms with Crippen molar-refractivity contribution in [3.05, 3.63) is 35.9 Å². The fourth-order valence-corrected chi connectivity index (χ4v) is 1.39. The van der Waals surface area contributed by atoms with Crippen LogP contribution in [0.15, 0.2) is 24.5 Å². The van der Waals surface area contributed by atoms with Gasteiger partial charge in [0.1, 0.15) is 0 Å². The minimum absolute atomic E-state index is 0.526. The summed E-state index contributed by atoms with van der Waals surface area (Å²) in [6, 6.07) is 3.96. The second-order valence-electron chi connectivity index (χ2n) is 3.45. The van der Waals surface area contributed by atoms with Gasteiger partial charge in [-0.3, -0.25) is 4.98 Å². The van der Waals surface area contributed by atoms with Crippen molar-refractivity contribution in [3.63, 3.8) is 0 Å². The Labute approximate surface area is 93.5 Å². The standard InChI is InChI=1S/C10H14N6/c11-5-7-16-14-10(13-15-16)4-3-9-2-1-6-12-8-9/h1-2,6,8H,3-5,7,11H2. The van der Waals surface area contributed by atoms with Crippen LogP contribution in [0.3, 0.4) is 0 Å². The summed E-state index contributed by atoms with van der Waals surface area (Å²) in [7, 11) is 0. The Morgan fingerprint density at radius 1 is 1.31 bits per heavy atom. The lowest BCUT2D eigenvalue weighted by Gasteiger charge is -1.96. The molecule has 0 radical (unpaired) electrons. The van der Waals surface area contributed by atoms with E-state index in [1.54, 1.807) is 6.20 Å². The monoisotopic (exact) mass is 218 g/mol. The number of rotatable bonds is 5. The fourth-order valence-electron chi connectivity index (χ4n) is 1.39. The van der Waals surface area contributed by atoms with Crippen LogP contribution in [0.4, 0.5) is 0 Å². The first-order valence-electron chi connectivity index (χ1n) is 5.24. The normalized spacial score (nSPS) is 10.6. The van der Waals surface area contributed by atoms with Crippen molar-refractivity contribution < 1.29 is 0 Å². The van der Waals surface area contributed by atoms with E-state index in [1.807, 2.05) is 18.3 Å². The van der Waals surface area contributed by atoms with Gasteiger partial charge >= 0.3 is 0 Å². The summed E-state index contributed by atoms with van der Waals surface area (Å²) in [5.74, 6) is 0.748. The van der Waals surface area contributed by atoms with E-state index in [2.05, 4.69) is 20.4 Å². The molecule has 0 atom stereocenters. The van der Waals surface area contributed by atoms with Crippen LogP contribution >= 0.6 is 0 Å². The second-order valence-corrected chi connectivity index (χ2v) is 3.45. The fraction of sp³-hybridized carbons (Fsp3) is 0.400. The minimum Gasteiger partial charge on any atom is -0.329 e. The lowest BCUT2D eigenvalue weighted by molar-refractivity contribution is 0.528. The van der Waals surface area contributed by atoms with Gasteiger partial charge in [-0.1, -0.05) is 6.07 Å². The van der Waals surface area contributed by atoms with Crippen molar-refractivity contribution in [1.29, 1.82) is 0 Å². The van der Waals surface area contributed by atoms with Crippen LogP contribution in [0.1, 0.15) is 11.4 Å². The second kappa shape index (κ2) is 5.32. The quantitative estimate of drug-likeness (QED) is 0.752. The number of hydrogen-bond acceptors (Lipinski definition) is 5. The number of hydrogen-bond donors (Lipinski definition) is 1. The molecule has 16 heavy (non-hydrogen) atoms. The summed E-state index contributed by atoms with van der Waals surface area (Å²) in [5, 5.41) is 12.1. The van der Waals surface area contributed by atoms with Crippen molar-refractivity contribution in [2.24, 2.45) is 5.73 Å². The van der Waals surface area contributed by atoms with E-state index in [1.165, 1.54) is 10.4 Å². The van der Waals surface area contributed by atoms with Gasteiger partial charge in [-0.15, -0.1) is 10.2 Å². The van der Waals surface area contributed by atoms with Crippen LogP contribution in [-0.2, 0) is 19.4 Å². The number of nitrogens with two attached hydrogens (primary N) is 1. The van der Waals surface area contributed by atoms with Gasteiger partial charge in [0.25, 0.3) is 0 Å². The maximum atomic E-state index is 5.40. The molecule has 0 aliphatic rings. The number of tetrazole rings is 1. The number of pyridine rings is 1. The Morgan fingerprint density at radius 2 is 2.25 bits per heavy atom. The van der Waals surface area contributed by atoms with Crippen molar-refractivity contribution in [1.82, 2.24) is 25.2 Å². The summed E-state index contributed by atoms with van der Waals surface area (Å²) < 4.78 is 0. The molecule has 0 saturated heterocycles. The molecule has 2 aromatic heterocycles. The molecule has 2 N–H and O–H groups in total. The molecule has 0 aliphatic heterocycles. The van der Waals surface area contributed by atoms with Crippen LogP contribution in [0, 0.1) is 0 Å². The highest BCUT2D eigenvalue weighted by atomic mass is 15.6. The van der Waals surface area contributed by atoms with Gasteiger partial charge < -0.3 is 5.73 Å². The Morgan fingerprint density at radius 3 is 3.00 bits per heavy atom. The Balaban J connectivity index is 1.89. The lowest BCUT2D eigenvalue weighted by Crippen LogP contribution is -2.12. The molecule has 0 aliphatic carbocycles. The summed E-state index contributed by atoms with van der Waals surface area (Å²) in [5.41, 5.74) is 6.58. The average Bonchev–Trinajstić information content (AvgIpc) is 2.76. The van der Waals surface area contributed by atoms with Crippen LogP contribution < -0.4 is 5.73 Å². The van der Waals surface area contributed by atoms with Crippen LogP contribution in [-0.4, -0.2) is 31.7 Å². The highest BCUT2D eigenvalue weighted by molar-refractivity contribution is 5.09. The first-order chi connectivity index (χ1) is 7.88. The molecule has 6 nitrogen and oxygen atoms in total. The molecule has 0 unspecified atom stereocenters. The molecule has 2 aromatic rings. The summed E-state index contributed by atoms with van der Waals surface area (Å²) in [6.07, 6.45) is 5.27. The van der Waals surface area contributed by atoms with Crippen molar-refractivity contribution in [2.45, 2.75) is 19.4 Å². The van der Waals surface area contributed by atoms with Gasteiger partial charge in [-0.05, 0) is 23.3 Å². The average molecular weight is 218 g/mol. The van der Waals surface area contributed by atoms with Gasteiger partial charge in [0.05, 0.1) is 6.54 Å². The molecule has 0 fully saturated rings. The topological polar surface area (TPSA) is 82.5 Å². The first kappa shape index (κ1) is 10.7. The zero-order valence-electron chi connectivity index (χ0n) is 8.95. The largest absolute Gasteiger partial charge is 0.329 e. The van der Waals surface area contributed by atoms with Gasteiger partial charge in [0.2, 0.25) is 0 Å². The van der Waals surface area contributed by atoms with Gasteiger partial charge in [0.15, 0.2) is 5.82 Å². The van der Waals surface area contributed by atoms with E-state index in [0.717, 1.165) is 18.7 Å². The SMILES string of the molecule is NCCn1nnc(CCc2cccnc2)n1. The van der Waals surface area contributed by atoms with E-state index in [0.29, 0.717) is 13.1 Å². The third-order valence-electron chi connectivity index (χ3n) is 2.18. The lowest BCUT2D eigenvalue weighted by atomic mass is 10.1. The summed E-state index contributed by atoms with van der Waals surface area (Å²) in [6.45, 7) is 1.14. The van der Waals surface area contributed by atoms with Crippen LogP contribution in [0.25, 0.3) is 0 Å². The minimum atomic E-state index is 0.526. The molecule has 2 rings (SSSR count). The number of aromatic nitrogens is 5. The molecule has 0 saturated carbocycles. The van der Waals surface area contributed by atoms with E-state index >= 15 is 0 Å². The third kappa shape index (κ3) is 2.83. The van der Waals surface area contributed by atoms with Crippen molar-refractivity contribution >= 4 is 0 Å². The van der Waals surface area contributed by atoms with Gasteiger partial charge in [0, 0.05) is 25.4 Å². The molecular formula is C10H14N6. The van der Waals surface area contributed by atoms with E-state index in [9.17, 15) is 0 Å². The maximum absolute atomic E-state index is 5.40. The first-order valence-corrected chi connectivity index (χ1v) is 5.24. The molecule has 84 valence electrons. The zero-order chi connectivity index (χ0) is 11.2. The third-order valence-corrected chi connectivity index (χ3v) is 2.18. The number of nitrogens with zero attached hydrogens (tertiary/aromatic N) is 5. The Kier molecular flexibility index (Phi) is 3.55. The van der Waals surface area contributed by atoms with E-state index < -0.39 is 0 Å². The summed E-state index contributed by atoms with van der Waals surface area (Å²) >= 11 is 0. The van der Waals surface area contributed by atoms with Crippen LogP contribution in [0.5, 0.6) is 0 Å². The predicted octanol–water partition coefficient (Wildman–Crippen LogP) is -0.188. The van der Waals surface area contributed by atoms with Gasteiger partial charge in [-0.25, -0.2) is 0 Å². The zero-order valence-corrected chi connectivity index (χ0v) is 8.95. The van der Waals surface area contributed by atoms with Crippen LogP contribution in [0.2, 0.25) is 0 Å².